The molecule has 0 fully saturated rings. The molecule has 0 aliphatic heterocycles. The van der Waals surface area contributed by atoms with Crippen LogP contribution in [0, 0.1) is 22.7 Å². The summed E-state index contributed by atoms with van der Waals surface area (Å²) in [5.41, 5.74) is 0.397. The molecule has 104 valence electrons. The van der Waals surface area contributed by atoms with Gasteiger partial charge in [0.15, 0.2) is 0 Å². The summed E-state index contributed by atoms with van der Waals surface area (Å²) in [6.45, 7) is 0. The van der Waals surface area contributed by atoms with Crippen LogP contribution in [-0.4, -0.2) is 8.42 Å². The van der Waals surface area contributed by atoms with Crippen molar-refractivity contribution in [2.24, 2.45) is 0 Å². The highest BCUT2D eigenvalue weighted by molar-refractivity contribution is 7.92. The minimum Gasteiger partial charge on any atom is -0.280 e. The normalized spacial score (nSPS) is 10.4. The molecule has 0 aromatic heterocycles. The minimum absolute atomic E-state index is 0.0412. The van der Waals surface area contributed by atoms with Crippen molar-refractivity contribution in [1.29, 1.82) is 10.5 Å². The molecule has 21 heavy (non-hydrogen) atoms. The van der Waals surface area contributed by atoms with Crippen LogP contribution in [0.25, 0.3) is 0 Å². The molecule has 0 amide bonds. The third kappa shape index (κ3) is 3.14. The van der Waals surface area contributed by atoms with Crippen LogP contribution in [0.5, 0.6) is 0 Å². The van der Waals surface area contributed by atoms with Crippen LogP contribution >= 0.6 is 11.6 Å². The number of nitriles is 2. The van der Waals surface area contributed by atoms with Gasteiger partial charge in [-0.25, -0.2) is 8.42 Å². The fourth-order valence-electron chi connectivity index (χ4n) is 1.68. The summed E-state index contributed by atoms with van der Waals surface area (Å²) >= 11 is 5.79. The van der Waals surface area contributed by atoms with Gasteiger partial charge in [-0.2, -0.15) is 10.5 Å². The molecule has 1 N–H and O–H groups in total. The highest BCUT2D eigenvalue weighted by Gasteiger charge is 2.18. The molecule has 2 aromatic carbocycles. The smallest absolute Gasteiger partial charge is 0.263 e. The number of nitrogens with one attached hydrogen (secondary N) is 1. The van der Waals surface area contributed by atoms with E-state index in [1.54, 1.807) is 6.07 Å². The van der Waals surface area contributed by atoms with Crippen LogP contribution in [0.15, 0.2) is 47.4 Å². The van der Waals surface area contributed by atoms with Gasteiger partial charge in [-0.1, -0.05) is 23.7 Å². The van der Waals surface area contributed by atoms with Crippen LogP contribution in [0.4, 0.5) is 5.69 Å². The number of nitrogens with zero attached hydrogens (tertiary/aromatic N) is 2. The Balaban J connectivity index is 2.43. The van der Waals surface area contributed by atoms with Crippen molar-refractivity contribution in [1.82, 2.24) is 0 Å². The second-order valence-electron chi connectivity index (χ2n) is 4.02. The van der Waals surface area contributed by atoms with Crippen molar-refractivity contribution < 1.29 is 8.42 Å². The predicted octanol–water partition coefficient (Wildman–Crippen LogP) is 2.88. The second kappa shape index (κ2) is 5.84. The number of hydrogen-bond donors (Lipinski definition) is 1. The lowest BCUT2D eigenvalue weighted by Crippen LogP contribution is -2.14. The summed E-state index contributed by atoms with van der Waals surface area (Å²) in [4.78, 5) is -0.124. The zero-order valence-electron chi connectivity index (χ0n) is 10.5. The van der Waals surface area contributed by atoms with Crippen molar-refractivity contribution >= 4 is 27.3 Å². The molecule has 0 aliphatic carbocycles. The van der Waals surface area contributed by atoms with Gasteiger partial charge in [-0.3, -0.25) is 4.72 Å². The van der Waals surface area contributed by atoms with Gasteiger partial charge in [0.1, 0.15) is 17.0 Å². The average molecular weight is 318 g/mol. The molecule has 0 radical (unpaired) electrons. The largest absolute Gasteiger partial charge is 0.280 e. The third-order valence-electron chi connectivity index (χ3n) is 2.64. The molecule has 0 saturated carbocycles. The van der Waals surface area contributed by atoms with Crippen molar-refractivity contribution in [3.8, 4) is 12.1 Å². The number of hydrogen-bond acceptors (Lipinski definition) is 4. The SMILES string of the molecule is N#Cc1cc(NS(=O)(=O)c2ccccc2C#N)ccc1Cl. The number of benzene rings is 2. The van der Waals surface area contributed by atoms with Crippen LogP contribution in [0.3, 0.4) is 0 Å². The molecule has 0 saturated heterocycles. The van der Waals surface area contributed by atoms with Gasteiger partial charge >= 0.3 is 0 Å². The molecular formula is C14H8ClN3O2S. The van der Waals surface area contributed by atoms with E-state index in [0.29, 0.717) is 0 Å². The maximum Gasteiger partial charge on any atom is 0.263 e. The van der Waals surface area contributed by atoms with Gasteiger partial charge < -0.3 is 0 Å². The summed E-state index contributed by atoms with van der Waals surface area (Å²) in [5.74, 6) is 0. The Morgan fingerprint density at radius 1 is 1.00 bits per heavy atom. The molecule has 0 spiro atoms. The Kier molecular flexibility index (Phi) is 4.13. The topological polar surface area (TPSA) is 93.8 Å². The van der Waals surface area contributed by atoms with E-state index >= 15 is 0 Å². The average Bonchev–Trinajstić information content (AvgIpc) is 2.49. The van der Waals surface area contributed by atoms with Gasteiger partial charge in [0.05, 0.1) is 21.8 Å². The van der Waals surface area contributed by atoms with Crippen molar-refractivity contribution in [3.63, 3.8) is 0 Å². The monoisotopic (exact) mass is 317 g/mol. The van der Waals surface area contributed by atoms with Crippen molar-refractivity contribution in [2.75, 3.05) is 4.72 Å². The van der Waals surface area contributed by atoms with E-state index in [-0.39, 0.29) is 26.7 Å². The minimum atomic E-state index is -3.92. The lowest BCUT2D eigenvalue weighted by molar-refractivity contribution is 0.601. The van der Waals surface area contributed by atoms with Gasteiger partial charge in [-0.15, -0.1) is 0 Å². The quantitative estimate of drug-likeness (QED) is 0.941. The van der Waals surface area contributed by atoms with Crippen LogP contribution in [0.2, 0.25) is 5.02 Å². The molecule has 7 heteroatoms. The lowest BCUT2D eigenvalue weighted by Gasteiger charge is -2.09. The Morgan fingerprint density at radius 2 is 1.67 bits per heavy atom. The molecule has 5 nitrogen and oxygen atoms in total. The zero-order chi connectivity index (χ0) is 15.5. The Morgan fingerprint density at radius 3 is 2.33 bits per heavy atom. The first-order chi connectivity index (χ1) is 9.97. The van der Waals surface area contributed by atoms with Gasteiger partial charge in [-0.05, 0) is 30.3 Å². The fraction of sp³-hybridized carbons (Fsp3) is 0. The van der Waals surface area contributed by atoms with E-state index in [9.17, 15) is 8.42 Å². The first-order valence-corrected chi connectivity index (χ1v) is 7.55. The molecule has 0 heterocycles. The maximum absolute atomic E-state index is 12.3. The van der Waals surface area contributed by atoms with Gasteiger partial charge in [0.2, 0.25) is 0 Å². The molecule has 2 aromatic rings. The summed E-state index contributed by atoms with van der Waals surface area (Å²) in [6.07, 6.45) is 0. The molecule has 2 rings (SSSR count). The Hall–Kier alpha value is -2.54. The molecule has 0 aliphatic rings. The van der Waals surface area contributed by atoms with Gasteiger partial charge in [0, 0.05) is 0 Å². The maximum atomic E-state index is 12.3. The van der Waals surface area contributed by atoms with Crippen LogP contribution in [0.1, 0.15) is 11.1 Å². The second-order valence-corrected chi connectivity index (χ2v) is 6.08. The van der Waals surface area contributed by atoms with Gasteiger partial charge in [0.25, 0.3) is 10.0 Å². The third-order valence-corrected chi connectivity index (χ3v) is 4.41. The first kappa shape index (κ1) is 14.9. The first-order valence-electron chi connectivity index (χ1n) is 5.69. The molecule has 0 atom stereocenters. The van der Waals surface area contributed by atoms with Crippen LogP contribution in [-0.2, 0) is 10.0 Å². The van der Waals surface area contributed by atoms with Crippen LogP contribution < -0.4 is 4.72 Å². The predicted molar refractivity (Wildman–Crippen MR) is 78.1 cm³/mol. The summed E-state index contributed by atoms with van der Waals surface area (Å²) in [7, 11) is -3.92. The van der Waals surface area contributed by atoms with E-state index in [1.165, 1.54) is 36.4 Å². The summed E-state index contributed by atoms with van der Waals surface area (Å²) in [6, 6.07) is 13.7. The number of rotatable bonds is 3. The number of anilines is 1. The standard InChI is InChI=1S/C14H8ClN3O2S/c15-13-6-5-12(7-11(13)9-17)18-21(19,20)14-4-2-1-3-10(14)8-16/h1-7,18H. The molecule has 0 unspecified atom stereocenters. The zero-order valence-corrected chi connectivity index (χ0v) is 12.1. The molecular weight excluding hydrogens is 310 g/mol. The van der Waals surface area contributed by atoms with E-state index in [0.717, 1.165) is 0 Å². The Bertz CT molecular complexity index is 880. The number of sulfonamides is 1. The number of halogens is 1. The highest BCUT2D eigenvalue weighted by atomic mass is 35.5. The fourth-order valence-corrected chi connectivity index (χ4v) is 3.05. The van der Waals surface area contributed by atoms with E-state index in [1.807, 2.05) is 12.1 Å². The van der Waals surface area contributed by atoms with E-state index < -0.39 is 10.0 Å². The summed E-state index contributed by atoms with van der Waals surface area (Å²) < 4.78 is 26.9. The lowest BCUT2D eigenvalue weighted by atomic mass is 10.2. The van der Waals surface area contributed by atoms with Crippen molar-refractivity contribution in [3.05, 3.63) is 58.6 Å². The summed E-state index contributed by atoms with van der Waals surface area (Å²) in [5, 5.41) is 18.1. The van der Waals surface area contributed by atoms with Crippen molar-refractivity contribution in [2.45, 2.75) is 4.90 Å². The molecule has 0 bridgehead atoms. The van der Waals surface area contributed by atoms with E-state index in [2.05, 4.69) is 4.72 Å². The van der Waals surface area contributed by atoms with E-state index in [4.69, 9.17) is 22.1 Å². The Labute approximate surface area is 127 Å². The highest BCUT2D eigenvalue weighted by Crippen LogP contribution is 2.23.